The molecule has 2 unspecified atom stereocenters. The summed E-state index contributed by atoms with van der Waals surface area (Å²) in [5, 5.41) is 4.09. The zero-order valence-corrected chi connectivity index (χ0v) is 16.3. The van der Waals surface area contributed by atoms with Crippen molar-refractivity contribution in [1.82, 2.24) is 15.3 Å². The Labute approximate surface area is 150 Å². The highest BCUT2D eigenvalue weighted by molar-refractivity contribution is 7.98. The van der Waals surface area contributed by atoms with Crippen LogP contribution in [0.5, 0.6) is 0 Å². The van der Waals surface area contributed by atoms with Crippen molar-refractivity contribution in [1.29, 1.82) is 0 Å². The van der Waals surface area contributed by atoms with Crippen LogP contribution >= 0.6 is 11.8 Å². The van der Waals surface area contributed by atoms with Crippen LogP contribution in [0.25, 0.3) is 0 Å². The number of aryl methyl sites for hydroxylation is 2. The van der Waals surface area contributed by atoms with Gasteiger partial charge in [0, 0.05) is 23.9 Å². The first-order valence-corrected chi connectivity index (χ1v) is 10.4. The molecule has 0 aliphatic heterocycles. The maximum absolute atomic E-state index is 12.4. The number of carbonyl (C=O) groups excluding carboxylic acids is 1. The van der Waals surface area contributed by atoms with Gasteiger partial charge in [-0.15, -0.1) is 0 Å². The minimum atomic E-state index is 0.177. The van der Waals surface area contributed by atoms with Crippen molar-refractivity contribution in [3.05, 3.63) is 17.0 Å². The van der Waals surface area contributed by atoms with Crippen molar-refractivity contribution < 1.29 is 4.79 Å². The van der Waals surface area contributed by atoms with E-state index in [9.17, 15) is 4.79 Å². The summed E-state index contributed by atoms with van der Waals surface area (Å²) < 4.78 is 0. The Kier molecular flexibility index (Phi) is 7.53. The van der Waals surface area contributed by atoms with Gasteiger partial charge in [0.05, 0.1) is 0 Å². The number of carbonyl (C=O) groups is 1. The molecule has 1 fully saturated rings. The van der Waals surface area contributed by atoms with Crippen molar-refractivity contribution >= 4 is 17.7 Å². The molecule has 1 saturated carbocycles. The molecule has 1 N–H and O–H groups in total. The van der Waals surface area contributed by atoms with Gasteiger partial charge in [-0.25, -0.2) is 9.97 Å². The topological polar surface area (TPSA) is 54.9 Å². The van der Waals surface area contributed by atoms with E-state index < -0.39 is 0 Å². The average Bonchev–Trinajstić information content (AvgIpc) is 2.98. The lowest BCUT2D eigenvalue weighted by Crippen LogP contribution is -2.37. The molecule has 5 heteroatoms. The van der Waals surface area contributed by atoms with E-state index in [1.165, 1.54) is 32.1 Å². The average molecular weight is 350 g/mol. The first-order valence-electron chi connectivity index (χ1n) is 9.22. The highest BCUT2D eigenvalue weighted by Gasteiger charge is 2.27. The van der Waals surface area contributed by atoms with E-state index in [0.717, 1.165) is 34.9 Å². The summed E-state index contributed by atoms with van der Waals surface area (Å²) in [4.78, 5) is 21.4. The van der Waals surface area contributed by atoms with Gasteiger partial charge in [0.15, 0.2) is 5.16 Å². The van der Waals surface area contributed by atoms with E-state index in [-0.39, 0.29) is 5.91 Å². The fraction of sp³-hybridized carbons (Fsp3) is 0.737. The van der Waals surface area contributed by atoms with Crippen LogP contribution in [0.4, 0.5) is 0 Å². The molecule has 1 aliphatic carbocycles. The first kappa shape index (κ1) is 19.2. The number of aromatic nitrogens is 2. The van der Waals surface area contributed by atoms with Crippen LogP contribution in [0.3, 0.4) is 0 Å². The molecule has 1 aromatic heterocycles. The normalized spacial score (nSPS) is 20.3. The van der Waals surface area contributed by atoms with Crippen molar-refractivity contribution in [2.24, 2.45) is 5.92 Å². The van der Waals surface area contributed by atoms with E-state index in [2.05, 4.69) is 22.2 Å². The molecule has 134 valence electrons. The van der Waals surface area contributed by atoms with Gasteiger partial charge in [0.25, 0.3) is 0 Å². The van der Waals surface area contributed by atoms with Crippen LogP contribution in [0.1, 0.15) is 68.8 Å². The third-order valence-corrected chi connectivity index (χ3v) is 5.67. The zero-order chi connectivity index (χ0) is 17.5. The number of nitrogens with one attached hydrogen (secondary N) is 1. The number of thioether (sulfide) groups is 1. The van der Waals surface area contributed by atoms with Gasteiger partial charge in [0.2, 0.25) is 5.91 Å². The van der Waals surface area contributed by atoms with Crippen LogP contribution in [0, 0.1) is 19.8 Å². The second kappa shape index (κ2) is 9.40. The fourth-order valence-corrected chi connectivity index (χ4v) is 4.17. The van der Waals surface area contributed by atoms with Gasteiger partial charge in [-0.1, -0.05) is 37.9 Å². The molecule has 0 radical (unpaired) electrons. The maximum atomic E-state index is 12.4. The number of rotatable bonds is 8. The minimum absolute atomic E-state index is 0.177. The second-order valence-electron chi connectivity index (χ2n) is 6.87. The molecule has 0 spiro atoms. The molecule has 4 nitrogen and oxygen atoms in total. The summed E-state index contributed by atoms with van der Waals surface area (Å²) in [5.41, 5.74) is 3.12. The van der Waals surface area contributed by atoms with Gasteiger partial charge < -0.3 is 5.32 Å². The molecule has 0 saturated heterocycles. The summed E-state index contributed by atoms with van der Waals surface area (Å²) in [5.74, 6) is 0.859. The van der Waals surface area contributed by atoms with E-state index in [1.54, 1.807) is 11.8 Å². The maximum Gasteiger partial charge on any atom is 0.220 e. The summed E-state index contributed by atoms with van der Waals surface area (Å²) in [7, 11) is 0. The molecular weight excluding hydrogens is 318 g/mol. The van der Waals surface area contributed by atoms with E-state index in [1.807, 2.05) is 20.1 Å². The fourth-order valence-electron chi connectivity index (χ4n) is 3.72. The number of unbranched alkanes of at least 4 members (excludes halogenated alkanes) is 1. The molecule has 0 aromatic carbocycles. The third-order valence-electron chi connectivity index (χ3n) is 5.12. The van der Waals surface area contributed by atoms with E-state index in [0.29, 0.717) is 18.4 Å². The van der Waals surface area contributed by atoms with Crippen LogP contribution in [-0.2, 0) is 11.2 Å². The Morgan fingerprint density at radius 1 is 1.25 bits per heavy atom. The molecular formula is C19H31N3OS. The zero-order valence-electron chi connectivity index (χ0n) is 15.5. The molecule has 1 aromatic rings. The van der Waals surface area contributed by atoms with Crippen molar-refractivity contribution in [2.45, 2.75) is 83.3 Å². The summed E-state index contributed by atoms with van der Waals surface area (Å²) in [6, 6.07) is 0.390. The Morgan fingerprint density at radius 2 is 1.96 bits per heavy atom. The van der Waals surface area contributed by atoms with Gasteiger partial charge in [-0.05, 0) is 57.3 Å². The largest absolute Gasteiger partial charge is 0.353 e. The SMILES string of the molecule is CCCCC1CCCC1NC(=O)CCc1c(C)nc(SC)nc1C. The molecule has 1 heterocycles. The Morgan fingerprint density at radius 3 is 2.58 bits per heavy atom. The van der Waals surface area contributed by atoms with Gasteiger partial charge >= 0.3 is 0 Å². The Bertz CT molecular complexity index is 539. The number of amides is 1. The van der Waals surface area contributed by atoms with Crippen LogP contribution in [-0.4, -0.2) is 28.2 Å². The monoisotopic (exact) mass is 349 g/mol. The molecule has 1 aliphatic rings. The molecule has 0 bridgehead atoms. The Hall–Kier alpha value is -1.10. The van der Waals surface area contributed by atoms with Crippen LogP contribution in [0.15, 0.2) is 5.16 Å². The number of nitrogens with zero attached hydrogens (tertiary/aromatic N) is 2. The van der Waals surface area contributed by atoms with Crippen molar-refractivity contribution in [3.8, 4) is 0 Å². The smallest absolute Gasteiger partial charge is 0.220 e. The number of hydrogen-bond donors (Lipinski definition) is 1. The lowest BCUT2D eigenvalue weighted by atomic mass is 9.96. The van der Waals surface area contributed by atoms with Crippen LogP contribution in [0.2, 0.25) is 0 Å². The molecule has 2 atom stereocenters. The second-order valence-corrected chi connectivity index (χ2v) is 7.64. The van der Waals surface area contributed by atoms with Crippen molar-refractivity contribution in [3.63, 3.8) is 0 Å². The molecule has 1 amide bonds. The van der Waals surface area contributed by atoms with Gasteiger partial charge in [-0.2, -0.15) is 0 Å². The predicted octanol–water partition coefficient (Wildman–Crippen LogP) is 4.22. The summed E-state index contributed by atoms with van der Waals surface area (Å²) in [6.07, 6.45) is 10.7. The van der Waals surface area contributed by atoms with E-state index >= 15 is 0 Å². The van der Waals surface area contributed by atoms with Gasteiger partial charge in [0.1, 0.15) is 0 Å². The number of hydrogen-bond acceptors (Lipinski definition) is 4. The van der Waals surface area contributed by atoms with Gasteiger partial charge in [-0.3, -0.25) is 4.79 Å². The highest BCUT2D eigenvalue weighted by atomic mass is 32.2. The standard InChI is InChI=1S/C19H31N3OS/c1-5-6-8-15-9-7-10-17(15)22-18(23)12-11-16-13(2)20-19(24-4)21-14(16)3/h15,17H,5-12H2,1-4H3,(H,22,23). The van der Waals surface area contributed by atoms with Crippen LogP contribution < -0.4 is 5.32 Å². The molecule has 2 rings (SSSR count). The Balaban J connectivity index is 1.87. The summed E-state index contributed by atoms with van der Waals surface area (Å²) in [6.45, 7) is 6.26. The quantitative estimate of drug-likeness (QED) is 0.564. The lowest BCUT2D eigenvalue weighted by molar-refractivity contribution is -0.122. The summed E-state index contributed by atoms with van der Waals surface area (Å²) >= 11 is 1.56. The lowest BCUT2D eigenvalue weighted by Gasteiger charge is -2.21. The van der Waals surface area contributed by atoms with E-state index in [4.69, 9.17) is 0 Å². The van der Waals surface area contributed by atoms with Crippen molar-refractivity contribution in [2.75, 3.05) is 6.26 Å². The predicted molar refractivity (Wildman–Crippen MR) is 100 cm³/mol. The highest BCUT2D eigenvalue weighted by Crippen LogP contribution is 2.30. The minimum Gasteiger partial charge on any atom is -0.353 e. The third kappa shape index (κ3) is 5.20. The first-order chi connectivity index (χ1) is 11.5. The molecule has 24 heavy (non-hydrogen) atoms.